The van der Waals surface area contributed by atoms with E-state index in [1.165, 1.54) is 25.7 Å². The lowest BCUT2D eigenvalue weighted by Gasteiger charge is -2.08. The molecule has 2 aromatic heterocycles. The molecule has 1 aliphatic carbocycles. The second kappa shape index (κ2) is 5.74. The standard InChI is InChI=1S/C13H18ClN5/c14-7-5-11-9-18(17-15-11)10-12-6-8-19(16-12)13-3-1-2-4-13/h6,8-9,13H,1-5,7,10H2. The average molecular weight is 280 g/mol. The minimum atomic E-state index is 0.578. The molecule has 0 atom stereocenters. The van der Waals surface area contributed by atoms with Crippen molar-refractivity contribution in [2.75, 3.05) is 5.88 Å². The second-order valence-corrected chi connectivity index (χ2v) is 5.45. The molecular weight excluding hydrogens is 262 g/mol. The topological polar surface area (TPSA) is 48.5 Å². The van der Waals surface area contributed by atoms with Crippen LogP contribution in [0.3, 0.4) is 0 Å². The molecule has 0 N–H and O–H groups in total. The summed E-state index contributed by atoms with van der Waals surface area (Å²) >= 11 is 5.69. The van der Waals surface area contributed by atoms with E-state index in [4.69, 9.17) is 11.6 Å². The first-order valence-corrected chi connectivity index (χ1v) is 7.37. The summed E-state index contributed by atoms with van der Waals surface area (Å²) in [5, 5.41) is 12.8. The number of aryl methyl sites for hydroxylation is 1. The van der Waals surface area contributed by atoms with Gasteiger partial charge in [-0.15, -0.1) is 16.7 Å². The zero-order valence-corrected chi connectivity index (χ0v) is 11.6. The van der Waals surface area contributed by atoms with Crippen molar-refractivity contribution in [2.45, 2.75) is 44.7 Å². The predicted molar refractivity (Wildman–Crippen MR) is 73.3 cm³/mol. The van der Waals surface area contributed by atoms with E-state index in [9.17, 15) is 0 Å². The third kappa shape index (κ3) is 2.97. The van der Waals surface area contributed by atoms with Gasteiger partial charge in [0, 0.05) is 24.7 Å². The van der Waals surface area contributed by atoms with Gasteiger partial charge in [-0.05, 0) is 18.9 Å². The molecule has 5 nitrogen and oxygen atoms in total. The molecule has 6 heteroatoms. The number of halogens is 1. The Morgan fingerprint density at radius 3 is 2.89 bits per heavy atom. The van der Waals surface area contributed by atoms with Crippen molar-refractivity contribution in [3.05, 3.63) is 29.8 Å². The molecule has 2 heterocycles. The summed E-state index contributed by atoms with van der Waals surface area (Å²) in [5.74, 6) is 0.578. The van der Waals surface area contributed by atoms with Crippen LogP contribution in [0.25, 0.3) is 0 Å². The minimum absolute atomic E-state index is 0.578. The average Bonchev–Trinajstić information content (AvgIpc) is 3.10. The molecule has 19 heavy (non-hydrogen) atoms. The van der Waals surface area contributed by atoms with Crippen LogP contribution in [0, 0.1) is 0 Å². The van der Waals surface area contributed by atoms with E-state index < -0.39 is 0 Å². The van der Waals surface area contributed by atoms with E-state index >= 15 is 0 Å². The molecule has 0 spiro atoms. The number of hydrogen-bond donors (Lipinski definition) is 0. The lowest BCUT2D eigenvalue weighted by molar-refractivity contribution is 0.460. The fourth-order valence-electron chi connectivity index (χ4n) is 2.63. The Morgan fingerprint density at radius 1 is 1.26 bits per heavy atom. The zero-order chi connectivity index (χ0) is 13.1. The van der Waals surface area contributed by atoms with Gasteiger partial charge in [0.2, 0.25) is 0 Å². The minimum Gasteiger partial charge on any atom is -0.269 e. The van der Waals surface area contributed by atoms with Crippen molar-refractivity contribution in [2.24, 2.45) is 0 Å². The maximum absolute atomic E-state index is 5.69. The van der Waals surface area contributed by atoms with Crippen molar-refractivity contribution in [3.8, 4) is 0 Å². The predicted octanol–water partition coefficient (Wildman–Crippen LogP) is 2.42. The van der Waals surface area contributed by atoms with Crippen molar-refractivity contribution in [1.82, 2.24) is 24.8 Å². The van der Waals surface area contributed by atoms with Gasteiger partial charge in [0.25, 0.3) is 0 Å². The van der Waals surface area contributed by atoms with Crippen molar-refractivity contribution >= 4 is 11.6 Å². The summed E-state index contributed by atoms with van der Waals surface area (Å²) in [6, 6.07) is 2.66. The van der Waals surface area contributed by atoms with Gasteiger partial charge in [0.1, 0.15) is 0 Å². The lowest BCUT2D eigenvalue weighted by atomic mass is 10.3. The third-order valence-electron chi connectivity index (χ3n) is 3.62. The summed E-state index contributed by atoms with van der Waals surface area (Å²) in [5.41, 5.74) is 1.97. The monoisotopic (exact) mass is 279 g/mol. The number of aromatic nitrogens is 5. The first-order valence-electron chi connectivity index (χ1n) is 6.84. The number of rotatable bonds is 5. The molecular formula is C13H18ClN5. The highest BCUT2D eigenvalue weighted by Crippen LogP contribution is 2.28. The lowest BCUT2D eigenvalue weighted by Crippen LogP contribution is -2.07. The molecule has 1 saturated carbocycles. The Morgan fingerprint density at radius 2 is 2.11 bits per heavy atom. The van der Waals surface area contributed by atoms with Crippen LogP contribution in [0.15, 0.2) is 18.5 Å². The van der Waals surface area contributed by atoms with Crippen LogP contribution in [-0.2, 0) is 13.0 Å². The molecule has 0 aliphatic heterocycles. The Kier molecular flexibility index (Phi) is 3.82. The molecule has 3 rings (SSSR count). The van der Waals surface area contributed by atoms with Gasteiger partial charge in [0.15, 0.2) is 0 Å². The number of nitrogens with zero attached hydrogens (tertiary/aromatic N) is 5. The molecule has 0 amide bonds. The van der Waals surface area contributed by atoms with Crippen LogP contribution >= 0.6 is 11.6 Å². The fourth-order valence-corrected chi connectivity index (χ4v) is 2.82. The van der Waals surface area contributed by atoms with Gasteiger partial charge in [-0.2, -0.15) is 5.10 Å². The summed E-state index contributed by atoms with van der Waals surface area (Å²) in [6.45, 7) is 0.676. The van der Waals surface area contributed by atoms with E-state index in [0.717, 1.165) is 17.8 Å². The molecule has 0 unspecified atom stereocenters. The summed E-state index contributed by atoms with van der Waals surface area (Å²) in [4.78, 5) is 0. The number of alkyl halides is 1. The second-order valence-electron chi connectivity index (χ2n) is 5.07. The molecule has 1 aliphatic rings. The number of hydrogen-bond acceptors (Lipinski definition) is 3. The van der Waals surface area contributed by atoms with Crippen LogP contribution in [0.4, 0.5) is 0 Å². The van der Waals surface area contributed by atoms with Crippen LogP contribution in [-0.4, -0.2) is 30.7 Å². The van der Waals surface area contributed by atoms with Crippen LogP contribution in [0.1, 0.15) is 43.1 Å². The SMILES string of the molecule is ClCCc1cn(Cc2ccn(C3CCCC3)n2)nn1. The quantitative estimate of drug-likeness (QED) is 0.790. The highest BCUT2D eigenvalue weighted by atomic mass is 35.5. The van der Waals surface area contributed by atoms with Crippen molar-refractivity contribution in [3.63, 3.8) is 0 Å². The van der Waals surface area contributed by atoms with E-state index in [1.807, 2.05) is 10.9 Å². The highest BCUT2D eigenvalue weighted by molar-refractivity contribution is 6.17. The normalized spacial score (nSPS) is 16.3. The first kappa shape index (κ1) is 12.7. The fraction of sp³-hybridized carbons (Fsp3) is 0.615. The maximum atomic E-state index is 5.69. The van der Waals surface area contributed by atoms with Crippen molar-refractivity contribution in [1.29, 1.82) is 0 Å². The van der Waals surface area contributed by atoms with Gasteiger partial charge in [0.05, 0.1) is 24.0 Å². The zero-order valence-electron chi connectivity index (χ0n) is 10.9. The Hall–Kier alpha value is -1.36. The summed E-state index contributed by atoms with van der Waals surface area (Å²) in [7, 11) is 0. The largest absolute Gasteiger partial charge is 0.269 e. The van der Waals surface area contributed by atoms with Gasteiger partial charge in [-0.25, -0.2) is 4.68 Å². The van der Waals surface area contributed by atoms with Crippen LogP contribution in [0.5, 0.6) is 0 Å². The summed E-state index contributed by atoms with van der Waals surface area (Å²) < 4.78 is 3.93. The third-order valence-corrected chi connectivity index (χ3v) is 3.81. The van der Waals surface area contributed by atoms with Crippen LogP contribution in [0.2, 0.25) is 0 Å². The highest BCUT2D eigenvalue weighted by Gasteiger charge is 2.17. The Bertz CT molecular complexity index is 527. The first-order chi connectivity index (χ1) is 9.35. The van der Waals surface area contributed by atoms with Crippen LogP contribution < -0.4 is 0 Å². The summed E-state index contributed by atoms with van der Waals surface area (Å²) in [6.07, 6.45) is 9.95. The van der Waals surface area contributed by atoms with Crippen molar-refractivity contribution < 1.29 is 0 Å². The van der Waals surface area contributed by atoms with E-state index in [0.29, 0.717) is 18.5 Å². The molecule has 0 radical (unpaired) electrons. The van der Waals surface area contributed by atoms with E-state index in [1.54, 1.807) is 0 Å². The molecule has 1 fully saturated rings. The van der Waals surface area contributed by atoms with Gasteiger partial charge in [-0.1, -0.05) is 18.1 Å². The Balaban J connectivity index is 1.65. The smallest absolute Gasteiger partial charge is 0.0867 e. The van der Waals surface area contributed by atoms with Gasteiger partial charge in [-0.3, -0.25) is 4.68 Å². The molecule has 0 saturated heterocycles. The maximum Gasteiger partial charge on any atom is 0.0867 e. The van der Waals surface area contributed by atoms with Gasteiger partial charge < -0.3 is 0 Å². The molecule has 0 aromatic carbocycles. The van der Waals surface area contributed by atoms with E-state index in [2.05, 4.69) is 32.4 Å². The molecule has 102 valence electrons. The molecule has 2 aromatic rings. The Labute approximate surface area is 117 Å². The van der Waals surface area contributed by atoms with Gasteiger partial charge >= 0.3 is 0 Å². The molecule has 0 bridgehead atoms. The van der Waals surface area contributed by atoms with E-state index in [-0.39, 0.29) is 0 Å².